The average molecular weight is 353 g/mol. The molecule has 134 valence electrons. The molecular formula is C17H19N7O2. The largest absolute Gasteiger partial charge is 0.327 e. The molecule has 0 atom stereocenters. The van der Waals surface area contributed by atoms with Crippen LogP contribution in [0, 0.1) is 6.92 Å². The molecule has 0 aromatic carbocycles. The van der Waals surface area contributed by atoms with Crippen molar-refractivity contribution in [3.8, 4) is 0 Å². The smallest absolute Gasteiger partial charge is 0.273 e. The molecule has 9 heteroatoms. The summed E-state index contributed by atoms with van der Waals surface area (Å²) < 4.78 is 3.14. The molecule has 0 bridgehead atoms. The third-order valence-corrected chi connectivity index (χ3v) is 4.76. The Labute approximate surface area is 149 Å². The van der Waals surface area contributed by atoms with Crippen molar-refractivity contribution in [2.24, 2.45) is 7.05 Å². The number of rotatable bonds is 2. The van der Waals surface area contributed by atoms with E-state index in [0.717, 1.165) is 5.69 Å². The summed E-state index contributed by atoms with van der Waals surface area (Å²) in [4.78, 5) is 39.9. The maximum Gasteiger partial charge on any atom is 0.273 e. The fraction of sp³-hybridized carbons (Fsp3) is 0.412. The van der Waals surface area contributed by atoms with Gasteiger partial charge in [0.1, 0.15) is 17.8 Å². The second kappa shape index (κ2) is 5.72. The third-order valence-electron chi connectivity index (χ3n) is 4.76. The second-order valence-electron chi connectivity index (χ2n) is 6.80. The molecule has 9 nitrogen and oxygen atoms in total. The second-order valence-corrected chi connectivity index (χ2v) is 6.80. The minimum atomic E-state index is -0.241. The van der Waals surface area contributed by atoms with Gasteiger partial charge in [-0.1, -0.05) is 13.8 Å². The Morgan fingerprint density at radius 3 is 2.73 bits per heavy atom. The Morgan fingerprint density at radius 1 is 1.23 bits per heavy atom. The molecular weight excluding hydrogens is 334 g/mol. The van der Waals surface area contributed by atoms with E-state index in [0.29, 0.717) is 35.1 Å². The lowest BCUT2D eigenvalue weighted by molar-refractivity contribution is 0.0744. The zero-order valence-electron chi connectivity index (χ0n) is 15.1. The van der Waals surface area contributed by atoms with Crippen LogP contribution in [0.2, 0.25) is 0 Å². The number of carbonyl (C=O) groups excluding carboxylic acids is 1. The molecule has 1 aliphatic rings. The van der Waals surface area contributed by atoms with Crippen molar-refractivity contribution in [3.63, 3.8) is 0 Å². The summed E-state index contributed by atoms with van der Waals surface area (Å²) >= 11 is 0. The van der Waals surface area contributed by atoms with Crippen LogP contribution in [0.25, 0.3) is 5.78 Å². The van der Waals surface area contributed by atoms with E-state index in [1.807, 2.05) is 13.8 Å². The molecule has 0 unspecified atom stereocenters. The van der Waals surface area contributed by atoms with Gasteiger partial charge in [-0.15, -0.1) is 0 Å². The first-order valence-electron chi connectivity index (χ1n) is 8.42. The lowest BCUT2D eigenvalue weighted by atomic mass is 10.1. The van der Waals surface area contributed by atoms with Crippen LogP contribution in [0.15, 0.2) is 17.2 Å². The van der Waals surface area contributed by atoms with Gasteiger partial charge in [-0.25, -0.2) is 14.5 Å². The van der Waals surface area contributed by atoms with Gasteiger partial charge in [-0.2, -0.15) is 10.1 Å². The van der Waals surface area contributed by atoms with Crippen LogP contribution < -0.4 is 5.56 Å². The van der Waals surface area contributed by atoms with Crippen LogP contribution in [0.3, 0.4) is 0 Å². The van der Waals surface area contributed by atoms with E-state index in [2.05, 4.69) is 20.1 Å². The summed E-state index contributed by atoms with van der Waals surface area (Å²) in [6.07, 6.45) is 1.42. The van der Waals surface area contributed by atoms with Gasteiger partial charge in [0.15, 0.2) is 0 Å². The number of carbonyl (C=O) groups is 1. The van der Waals surface area contributed by atoms with Gasteiger partial charge in [-0.05, 0) is 18.9 Å². The lowest BCUT2D eigenvalue weighted by Crippen LogP contribution is -2.28. The van der Waals surface area contributed by atoms with Gasteiger partial charge < -0.3 is 4.90 Å². The van der Waals surface area contributed by atoms with Crippen LogP contribution in [0.1, 0.15) is 53.0 Å². The molecule has 4 heterocycles. The number of hydrogen-bond acceptors (Lipinski definition) is 6. The van der Waals surface area contributed by atoms with Crippen LogP contribution in [-0.4, -0.2) is 39.9 Å². The summed E-state index contributed by atoms with van der Waals surface area (Å²) in [5.74, 6) is 0.936. The standard InChI is InChI=1S/C17H19N7O2/c1-9(2)14-5-12(21-17-18-8-19-24(14)17)16(26)23-6-11-13(7-23)20-10(3)22(4)15(11)25/h5,8-9H,6-7H2,1-4H3. The lowest BCUT2D eigenvalue weighted by Gasteiger charge is -2.16. The van der Waals surface area contributed by atoms with Crippen LogP contribution in [-0.2, 0) is 20.1 Å². The molecule has 0 fully saturated rings. The summed E-state index contributed by atoms with van der Waals surface area (Å²) in [6, 6.07) is 1.74. The van der Waals surface area contributed by atoms with Gasteiger partial charge in [0, 0.05) is 7.05 Å². The van der Waals surface area contributed by atoms with Gasteiger partial charge in [0.2, 0.25) is 0 Å². The highest BCUT2D eigenvalue weighted by Gasteiger charge is 2.30. The van der Waals surface area contributed by atoms with Crippen molar-refractivity contribution in [2.75, 3.05) is 0 Å². The first kappa shape index (κ1) is 16.4. The number of hydrogen-bond donors (Lipinski definition) is 0. The Balaban J connectivity index is 1.72. The molecule has 0 radical (unpaired) electrons. The molecule has 4 rings (SSSR count). The van der Waals surface area contributed by atoms with E-state index in [4.69, 9.17) is 0 Å². The van der Waals surface area contributed by atoms with Crippen molar-refractivity contribution in [2.45, 2.75) is 39.8 Å². The van der Waals surface area contributed by atoms with E-state index in [9.17, 15) is 9.59 Å². The Bertz CT molecular complexity index is 1100. The van der Waals surface area contributed by atoms with E-state index in [1.165, 1.54) is 10.9 Å². The SMILES string of the molecule is Cc1nc2c(c(=O)n1C)CN(C(=O)c1cc(C(C)C)n3ncnc3n1)C2. The molecule has 0 N–H and O–H groups in total. The number of fused-ring (bicyclic) bond motifs is 2. The first-order valence-corrected chi connectivity index (χ1v) is 8.42. The molecule has 26 heavy (non-hydrogen) atoms. The maximum atomic E-state index is 13.0. The zero-order chi connectivity index (χ0) is 18.6. The highest BCUT2D eigenvalue weighted by atomic mass is 16.2. The van der Waals surface area contributed by atoms with Gasteiger partial charge in [0.25, 0.3) is 17.2 Å². The maximum absolute atomic E-state index is 13.0. The minimum Gasteiger partial charge on any atom is -0.327 e. The number of amides is 1. The third kappa shape index (κ3) is 2.39. The monoisotopic (exact) mass is 353 g/mol. The van der Waals surface area contributed by atoms with Crippen molar-refractivity contribution in [3.05, 3.63) is 51.2 Å². The van der Waals surface area contributed by atoms with E-state index in [-0.39, 0.29) is 23.9 Å². The Hall–Kier alpha value is -3.10. The van der Waals surface area contributed by atoms with Crippen LogP contribution in [0.5, 0.6) is 0 Å². The van der Waals surface area contributed by atoms with Crippen molar-refractivity contribution >= 4 is 11.7 Å². The Morgan fingerprint density at radius 2 is 2.00 bits per heavy atom. The fourth-order valence-corrected chi connectivity index (χ4v) is 3.19. The minimum absolute atomic E-state index is 0.105. The van der Waals surface area contributed by atoms with Crippen molar-refractivity contribution in [1.82, 2.24) is 34.0 Å². The van der Waals surface area contributed by atoms with Crippen molar-refractivity contribution < 1.29 is 4.79 Å². The summed E-state index contributed by atoms with van der Waals surface area (Å²) in [5.41, 5.74) is 2.28. The Kier molecular flexibility index (Phi) is 3.60. The topological polar surface area (TPSA) is 98.3 Å². The molecule has 3 aromatic heterocycles. The van der Waals surface area contributed by atoms with Crippen molar-refractivity contribution in [1.29, 1.82) is 0 Å². The predicted molar refractivity (Wildman–Crippen MR) is 92.7 cm³/mol. The van der Waals surface area contributed by atoms with E-state index in [1.54, 1.807) is 29.5 Å². The molecule has 0 aliphatic carbocycles. The molecule has 1 aliphatic heterocycles. The molecule has 1 amide bonds. The quantitative estimate of drug-likeness (QED) is 0.676. The molecule has 0 spiro atoms. The average Bonchev–Trinajstić information content (AvgIpc) is 3.24. The molecule has 0 saturated carbocycles. The normalized spacial score (nSPS) is 13.7. The zero-order valence-corrected chi connectivity index (χ0v) is 15.1. The van der Waals surface area contributed by atoms with Crippen LogP contribution in [0.4, 0.5) is 0 Å². The molecule has 0 saturated heterocycles. The highest BCUT2D eigenvalue weighted by Crippen LogP contribution is 2.22. The number of aromatic nitrogens is 6. The highest BCUT2D eigenvalue weighted by molar-refractivity contribution is 5.93. The fourth-order valence-electron chi connectivity index (χ4n) is 3.19. The summed E-state index contributed by atoms with van der Waals surface area (Å²) in [7, 11) is 1.69. The van der Waals surface area contributed by atoms with E-state index < -0.39 is 0 Å². The van der Waals surface area contributed by atoms with Gasteiger partial charge in [0.05, 0.1) is 30.0 Å². The summed E-state index contributed by atoms with van der Waals surface area (Å²) in [5, 5.41) is 4.17. The predicted octanol–water partition coefficient (Wildman–Crippen LogP) is 0.806. The summed E-state index contributed by atoms with van der Waals surface area (Å²) in [6.45, 7) is 6.37. The van der Waals surface area contributed by atoms with Gasteiger partial charge >= 0.3 is 0 Å². The van der Waals surface area contributed by atoms with E-state index >= 15 is 0 Å². The first-order chi connectivity index (χ1) is 12.4. The molecule has 3 aromatic rings. The number of nitrogens with zero attached hydrogens (tertiary/aromatic N) is 7. The van der Waals surface area contributed by atoms with Gasteiger partial charge in [-0.3, -0.25) is 14.2 Å². The van der Waals surface area contributed by atoms with Crippen LogP contribution >= 0.6 is 0 Å². The number of aryl methyl sites for hydroxylation is 1.